The highest BCUT2D eigenvalue weighted by atomic mass is 19.1. The Bertz CT molecular complexity index is 1090. The average Bonchev–Trinajstić information content (AvgIpc) is 3.57. The zero-order valence-electron chi connectivity index (χ0n) is 19.7. The van der Waals surface area contributed by atoms with Crippen molar-refractivity contribution < 1.29 is 13.9 Å². The van der Waals surface area contributed by atoms with Crippen molar-refractivity contribution in [2.75, 3.05) is 45.3 Å². The Morgan fingerprint density at radius 1 is 0.912 bits per heavy atom. The molecule has 34 heavy (non-hydrogen) atoms. The Labute approximate surface area is 199 Å². The predicted molar refractivity (Wildman–Crippen MR) is 127 cm³/mol. The number of halogens is 1. The summed E-state index contributed by atoms with van der Waals surface area (Å²) >= 11 is 0. The number of benzene rings is 2. The summed E-state index contributed by atoms with van der Waals surface area (Å²) in [5, 5.41) is 13.0. The lowest BCUT2D eigenvalue weighted by Gasteiger charge is -2.40. The van der Waals surface area contributed by atoms with Crippen LogP contribution in [0.3, 0.4) is 0 Å². The number of hydrogen-bond donors (Lipinski definition) is 0. The summed E-state index contributed by atoms with van der Waals surface area (Å²) in [5.74, 6) is 2.04. The number of anilines is 1. The van der Waals surface area contributed by atoms with Crippen LogP contribution in [0.4, 0.5) is 10.1 Å². The van der Waals surface area contributed by atoms with Gasteiger partial charge in [-0.2, -0.15) is 0 Å². The van der Waals surface area contributed by atoms with Gasteiger partial charge in [-0.1, -0.05) is 18.9 Å². The van der Waals surface area contributed by atoms with Crippen LogP contribution in [-0.4, -0.2) is 65.5 Å². The Kier molecular flexibility index (Phi) is 6.62. The predicted octanol–water partition coefficient (Wildman–Crippen LogP) is 3.86. The van der Waals surface area contributed by atoms with Crippen molar-refractivity contribution in [1.82, 2.24) is 25.1 Å². The minimum Gasteiger partial charge on any atom is -0.493 e. The summed E-state index contributed by atoms with van der Waals surface area (Å²) in [6.07, 6.45) is 4.63. The summed E-state index contributed by atoms with van der Waals surface area (Å²) in [7, 11) is 3.30. The first kappa shape index (κ1) is 22.6. The van der Waals surface area contributed by atoms with Crippen LogP contribution >= 0.6 is 0 Å². The van der Waals surface area contributed by atoms with E-state index in [2.05, 4.69) is 31.4 Å². The molecule has 2 aromatic carbocycles. The van der Waals surface area contributed by atoms with Gasteiger partial charge in [0, 0.05) is 31.9 Å². The maximum atomic E-state index is 13.4. The molecule has 1 aromatic heterocycles. The van der Waals surface area contributed by atoms with E-state index >= 15 is 0 Å². The van der Waals surface area contributed by atoms with Crippen LogP contribution in [0.1, 0.15) is 49.2 Å². The fourth-order valence-electron chi connectivity index (χ4n) is 5.23. The molecule has 2 heterocycles. The lowest BCUT2D eigenvalue weighted by molar-refractivity contribution is 0.197. The molecule has 8 nitrogen and oxygen atoms in total. The van der Waals surface area contributed by atoms with Crippen LogP contribution in [0.15, 0.2) is 42.5 Å². The Balaban J connectivity index is 1.46. The number of rotatable bonds is 7. The molecule has 0 bridgehead atoms. The average molecular weight is 467 g/mol. The first-order valence-corrected chi connectivity index (χ1v) is 11.9. The highest BCUT2D eigenvalue weighted by molar-refractivity contribution is 5.47. The minimum atomic E-state index is -0.213. The lowest BCUT2D eigenvalue weighted by atomic mass is 10.0. The molecule has 3 aromatic rings. The van der Waals surface area contributed by atoms with Crippen LogP contribution in [0.25, 0.3) is 0 Å². The van der Waals surface area contributed by atoms with Gasteiger partial charge in [0.05, 0.1) is 26.3 Å². The van der Waals surface area contributed by atoms with Crippen LogP contribution < -0.4 is 14.4 Å². The molecule has 9 heteroatoms. The highest BCUT2D eigenvalue weighted by Crippen LogP contribution is 2.37. The Morgan fingerprint density at radius 3 is 2.29 bits per heavy atom. The van der Waals surface area contributed by atoms with Gasteiger partial charge in [-0.05, 0) is 65.2 Å². The normalized spacial score (nSPS) is 18.3. The second-order valence-electron chi connectivity index (χ2n) is 8.94. The largest absolute Gasteiger partial charge is 0.493 e. The Hall–Kier alpha value is -3.20. The Morgan fingerprint density at radius 2 is 1.62 bits per heavy atom. The molecule has 1 atom stereocenters. The second kappa shape index (κ2) is 9.97. The van der Waals surface area contributed by atoms with Gasteiger partial charge in [0.1, 0.15) is 5.82 Å². The van der Waals surface area contributed by atoms with Crippen LogP contribution in [0.5, 0.6) is 11.5 Å². The van der Waals surface area contributed by atoms with E-state index in [9.17, 15) is 4.39 Å². The summed E-state index contributed by atoms with van der Waals surface area (Å²) in [6.45, 7) is 3.32. The molecule has 1 aliphatic heterocycles. The molecule has 0 amide bonds. The molecular weight excluding hydrogens is 435 g/mol. The van der Waals surface area contributed by atoms with Crippen LogP contribution in [0.2, 0.25) is 0 Å². The first-order chi connectivity index (χ1) is 16.7. The van der Waals surface area contributed by atoms with Crippen LogP contribution in [0, 0.1) is 5.82 Å². The van der Waals surface area contributed by atoms with E-state index in [1.807, 2.05) is 28.9 Å². The lowest BCUT2D eigenvalue weighted by Crippen LogP contribution is -2.48. The zero-order valence-corrected chi connectivity index (χ0v) is 19.7. The van der Waals surface area contributed by atoms with Gasteiger partial charge in [-0.3, -0.25) is 4.90 Å². The fraction of sp³-hybridized carbons (Fsp3) is 0.480. The molecule has 2 aliphatic rings. The van der Waals surface area contributed by atoms with Crippen molar-refractivity contribution >= 4 is 5.69 Å². The van der Waals surface area contributed by atoms with Crippen molar-refractivity contribution in [3.63, 3.8) is 0 Å². The van der Waals surface area contributed by atoms with Gasteiger partial charge in [0.2, 0.25) is 0 Å². The summed E-state index contributed by atoms with van der Waals surface area (Å²) < 4.78 is 26.5. The minimum absolute atomic E-state index is 0.106. The molecule has 0 radical (unpaired) electrons. The second-order valence-corrected chi connectivity index (χ2v) is 8.94. The molecule has 2 fully saturated rings. The van der Waals surface area contributed by atoms with Gasteiger partial charge in [0.15, 0.2) is 17.3 Å². The van der Waals surface area contributed by atoms with Gasteiger partial charge < -0.3 is 14.4 Å². The van der Waals surface area contributed by atoms with Gasteiger partial charge in [-0.25, -0.2) is 9.07 Å². The van der Waals surface area contributed by atoms with Crippen molar-refractivity contribution in [3.05, 3.63) is 59.7 Å². The summed E-state index contributed by atoms with van der Waals surface area (Å²) in [5.41, 5.74) is 2.11. The zero-order chi connectivity index (χ0) is 23.5. The molecule has 5 rings (SSSR count). The fourth-order valence-corrected chi connectivity index (χ4v) is 5.23. The van der Waals surface area contributed by atoms with E-state index in [0.717, 1.165) is 56.1 Å². The third kappa shape index (κ3) is 4.44. The number of ether oxygens (including phenoxy) is 2. The molecule has 0 spiro atoms. The van der Waals surface area contributed by atoms with E-state index in [1.165, 1.54) is 25.0 Å². The molecule has 1 saturated carbocycles. The quantitative estimate of drug-likeness (QED) is 0.524. The molecule has 1 aliphatic carbocycles. The van der Waals surface area contributed by atoms with Crippen LogP contribution in [-0.2, 0) is 0 Å². The SMILES string of the molecule is COc1ccc(C(c2nnnn2C2CCCC2)N2CCN(c3ccc(F)cc3)CC2)cc1OC. The third-order valence-electron chi connectivity index (χ3n) is 7.03. The van der Waals surface area contributed by atoms with Gasteiger partial charge in [-0.15, -0.1) is 5.10 Å². The summed E-state index contributed by atoms with van der Waals surface area (Å²) in [6, 6.07) is 13.0. The smallest absolute Gasteiger partial charge is 0.173 e. The van der Waals surface area contributed by atoms with Gasteiger partial charge >= 0.3 is 0 Å². The number of hydrogen-bond acceptors (Lipinski definition) is 7. The number of piperazine rings is 1. The monoisotopic (exact) mass is 466 g/mol. The van der Waals surface area contributed by atoms with Crippen molar-refractivity contribution in [2.45, 2.75) is 37.8 Å². The molecule has 0 N–H and O–H groups in total. The maximum Gasteiger partial charge on any atom is 0.173 e. The van der Waals surface area contributed by atoms with E-state index < -0.39 is 0 Å². The molecular formula is C25H31FN6O2. The van der Waals surface area contributed by atoms with Gasteiger partial charge in [0.25, 0.3) is 0 Å². The van der Waals surface area contributed by atoms with E-state index in [0.29, 0.717) is 17.5 Å². The van der Waals surface area contributed by atoms with Crippen molar-refractivity contribution in [2.24, 2.45) is 0 Å². The van der Waals surface area contributed by atoms with Crippen molar-refractivity contribution in [1.29, 1.82) is 0 Å². The number of methoxy groups -OCH3 is 2. The number of tetrazole rings is 1. The maximum absolute atomic E-state index is 13.4. The number of nitrogens with zero attached hydrogens (tertiary/aromatic N) is 6. The molecule has 1 saturated heterocycles. The number of aromatic nitrogens is 4. The highest BCUT2D eigenvalue weighted by Gasteiger charge is 2.33. The van der Waals surface area contributed by atoms with E-state index in [-0.39, 0.29) is 11.9 Å². The molecule has 1 unspecified atom stereocenters. The molecule has 180 valence electrons. The topological polar surface area (TPSA) is 68.5 Å². The third-order valence-corrected chi connectivity index (χ3v) is 7.03. The van der Waals surface area contributed by atoms with E-state index in [4.69, 9.17) is 9.47 Å². The van der Waals surface area contributed by atoms with Crippen molar-refractivity contribution in [3.8, 4) is 11.5 Å². The summed E-state index contributed by atoms with van der Waals surface area (Å²) in [4.78, 5) is 4.72. The van der Waals surface area contributed by atoms with E-state index in [1.54, 1.807) is 14.2 Å². The standard InChI is InChI=1S/C25H31FN6O2/c1-33-22-12-7-18(17-23(22)34-2)24(25-27-28-29-32(25)21-5-3-4-6-21)31-15-13-30(14-16-31)20-10-8-19(26)9-11-20/h7-12,17,21,24H,3-6,13-16H2,1-2H3. The first-order valence-electron chi connectivity index (χ1n) is 11.9.